The molecule has 0 saturated carbocycles. The van der Waals surface area contributed by atoms with Crippen LogP contribution in [0, 0.1) is 5.92 Å². The predicted molar refractivity (Wildman–Crippen MR) is 101 cm³/mol. The van der Waals surface area contributed by atoms with Crippen LogP contribution in [0.1, 0.15) is 103 Å². The molecule has 1 amide bonds. The number of hydrogen-bond donors (Lipinski definition) is 1. The third-order valence-corrected chi connectivity index (χ3v) is 4.97. The maximum absolute atomic E-state index is 12.0. The van der Waals surface area contributed by atoms with Gasteiger partial charge in [-0.1, -0.05) is 89.7 Å². The van der Waals surface area contributed by atoms with Crippen LogP contribution >= 0.6 is 0 Å². The Balaban J connectivity index is 1.77. The van der Waals surface area contributed by atoms with Crippen molar-refractivity contribution in [2.24, 2.45) is 5.92 Å². The highest BCUT2D eigenvalue weighted by molar-refractivity contribution is 5.78. The molecule has 0 aromatic carbocycles. The second kappa shape index (κ2) is 14.8. The molecule has 0 aliphatic heterocycles. The lowest BCUT2D eigenvalue weighted by Gasteiger charge is -2.17. The molecule has 0 fully saturated rings. The summed E-state index contributed by atoms with van der Waals surface area (Å²) in [5.74, 6) is 0.509. The average Bonchev–Trinajstić information content (AvgIpc) is 2.59. The van der Waals surface area contributed by atoms with E-state index in [9.17, 15) is 4.79 Å². The van der Waals surface area contributed by atoms with Crippen LogP contribution in [0.5, 0.6) is 0 Å². The van der Waals surface area contributed by atoms with Crippen LogP contribution in [-0.2, 0) is 4.79 Å². The molecule has 0 saturated heterocycles. The summed E-state index contributed by atoms with van der Waals surface area (Å²) >= 11 is 0. The van der Waals surface area contributed by atoms with E-state index in [0.717, 1.165) is 32.2 Å². The number of nitrogens with one attached hydrogen (secondary N) is 1. The van der Waals surface area contributed by atoms with Crippen LogP contribution in [-0.4, -0.2) is 12.5 Å². The summed E-state index contributed by atoms with van der Waals surface area (Å²) in [7, 11) is 0. The lowest BCUT2D eigenvalue weighted by atomic mass is 9.93. The molecular formula is C21H39NO. The van der Waals surface area contributed by atoms with Crippen molar-refractivity contribution in [3.05, 3.63) is 12.2 Å². The summed E-state index contributed by atoms with van der Waals surface area (Å²) in [5, 5.41) is 3.12. The van der Waals surface area contributed by atoms with E-state index in [-0.39, 0.29) is 11.8 Å². The first kappa shape index (κ1) is 20.3. The van der Waals surface area contributed by atoms with Gasteiger partial charge in [0.25, 0.3) is 0 Å². The van der Waals surface area contributed by atoms with E-state index in [0.29, 0.717) is 0 Å². The molecule has 1 aliphatic rings. The Kier molecular flexibility index (Phi) is 13.0. The first-order valence-electron chi connectivity index (χ1n) is 10.3. The summed E-state index contributed by atoms with van der Waals surface area (Å²) in [4.78, 5) is 12.0. The average molecular weight is 322 g/mol. The fraction of sp³-hybridized carbons (Fsp3) is 0.857. The Morgan fingerprint density at radius 3 is 1.96 bits per heavy atom. The highest BCUT2D eigenvalue weighted by atomic mass is 16.1. The summed E-state index contributed by atoms with van der Waals surface area (Å²) in [6.07, 6.45) is 23.8. The smallest absolute Gasteiger partial charge is 0.223 e. The van der Waals surface area contributed by atoms with Crippen molar-refractivity contribution in [1.82, 2.24) is 5.32 Å². The summed E-state index contributed by atoms with van der Waals surface area (Å²) in [6, 6.07) is 0. The van der Waals surface area contributed by atoms with E-state index in [1.165, 1.54) is 70.6 Å². The van der Waals surface area contributed by atoms with Gasteiger partial charge in [-0.2, -0.15) is 0 Å². The predicted octanol–water partition coefficient (Wildman–Crippen LogP) is 6.16. The van der Waals surface area contributed by atoms with Crippen LogP contribution in [0.15, 0.2) is 12.2 Å². The number of hydrogen-bond acceptors (Lipinski definition) is 1. The normalized spacial score (nSPS) is 17.3. The molecule has 1 atom stereocenters. The Morgan fingerprint density at radius 1 is 0.870 bits per heavy atom. The number of rotatable bonds is 14. The van der Waals surface area contributed by atoms with Crippen LogP contribution < -0.4 is 5.32 Å². The minimum absolute atomic E-state index is 0.234. The largest absolute Gasteiger partial charge is 0.356 e. The van der Waals surface area contributed by atoms with Gasteiger partial charge in [0.05, 0.1) is 0 Å². The zero-order valence-corrected chi connectivity index (χ0v) is 15.5. The second-order valence-electron chi connectivity index (χ2n) is 7.16. The number of carbonyl (C=O) groups excluding carboxylic acids is 1. The van der Waals surface area contributed by atoms with Gasteiger partial charge in [-0.25, -0.2) is 0 Å². The Labute approximate surface area is 144 Å². The SMILES string of the molecule is CCCCCCCCCCCCCCNC(=O)C1CC=CCC1. The van der Waals surface area contributed by atoms with Crippen molar-refractivity contribution in [2.45, 2.75) is 103 Å². The van der Waals surface area contributed by atoms with Crippen molar-refractivity contribution in [1.29, 1.82) is 0 Å². The number of unbranched alkanes of at least 4 members (excludes halogenated alkanes) is 11. The summed E-state index contributed by atoms with van der Waals surface area (Å²) in [5.41, 5.74) is 0. The van der Waals surface area contributed by atoms with Crippen LogP contribution in [0.3, 0.4) is 0 Å². The fourth-order valence-corrected chi connectivity index (χ4v) is 3.35. The molecule has 0 spiro atoms. The Morgan fingerprint density at radius 2 is 1.43 bits per heavy atom. The van der Waals surface area contributed by atoms with E-state index in [4.69, 9.17) is 0 Å². The third-order valence-electron chi connectivity index (χ3n) is 4.97. The number of carbonyl (C=O) groups is 1. The van der Waals surface area contributed by atoms with Gasteiger partial charge >= 0.3 is 0 Å². The molecule has 2 nitrogen and oxygen atoms in total. The molecule has 1 rings (SSSR count). The second-order valence-corrected chi connectivity index (χ2v) is 7.16. The summed E-state index contributed by atoms with van der Waals surface area (Å²) < 4.78 is 0. The molecule has 23 heavy (non-hydrogen) atoms. The van der Waals surface area contributed by atoms with Gasteiger partial charge in [-0.3, -0.25) is 4.79 Å². The molecule has 134 valence electrons. The van der Waals surface area contributed by atoms with Gasteiger partial charge in [-0.15, -0.1) is 0 Å². The highest BCUT2D eigenvalue weighted by Gasteiger charge is 2.17. The lowest BCUT2D eigenvalue weighted by Crippen LogP contribution is -2.31. The van der Waals surface area contributed by atoms with Gasteiger partial charge in [0.15, 0.2) is 0 Å². The van der Waals surface area contributed by atoms with Crippen LogP contribution in [0.25, 0.3) is 0 Å². The molecule has 2 heteroatoms. The molecule has 1 aliphatic carbocycles. The van der Waals surface area contributed by atoms with Gasteiger partial charge in [0.2, 0.25) is 5.91 Å². The quantitative estimate of drug-likeness (QED) is 0.301. The van der Waals surface area contributed by atoms with Crippen molar-refractivity contribution in [3.8, 4) is 0 Å². The Hall–Kier alpha value is -0.790. The minimum atomic E-state index is 0.234. The molecule has 0 aromatic rings. The first-order valence-corrected chi connectivity index (χ1v) is 10.3. The molecule has 0 aromatic heterocycles. The van der Waals surface area contributed by atoms with Crippen molar-refractivity contribution in [2.75, 3.05) is 6.54 Å². The van der Waals surface area contributed by atoms with E-state index in [1.54, 1.807) is 0 Å². The molecular weight excluding hydrogens is 282 g/mol. The first-order chi connectivity index (χ1) is 11.3. The number of amides is 1. The molecule has 1 N–H and O–H groups in total. The lowest BCUT2D eigenvalue weighted by molar-refractivity contribution is -0.125. The van der Waals surface area contributed by atoms with E-state index < -0.39 is 0 Å². The van der Waals surface area contributed by atoms with Gasteiger partial charge in [-0.05, 0) is 25.7 Å². The zero-order chi connectivity index (χ0) is 16.6. The zero-order valence-electron chi connectivity index (χ0n) is 15.5. The third kappa shape index (κ3) is 11.4. The molecule has 0 bridgehead atoms. The van der Waals surface area contributed by atoms with E-state index >= 15 is 0 Å². The van der Waals surface area contributed by atoms with Gasteiger partial charge in [0, 0.05) is 12.5 Å². The Bertz CT molecular complexity index is 311. The maximum atomic E-state index is 12.0. The van der Waals surface area contributed by atoms with Crippen molar-refractivity contribution >= 4 is 5.91 Å². The van der Waals surface area contributed by atoms with E-state index in [1.807, 2.05) is 0 Å². The molecule has 0 radical (unpaired) electrons. The van der Waals surface area contributed by atoms with E-state index in [2.05, 4.69) is 24.4 Å². The monoisotopic (exact) mass is 321 g/mol. The van der Waals surface area contributed by atoms with Gasteiger partial charge in [0.1, 0.15) is 0 Å². The van der Waals surface area contributed by atoms with Crippen molar-refractivity contribution < 1.29 is 4.79 Å². The molecule has 0 heterocycles. The topological polar surface area (TPSA) is 29.1 Å². The van der Waals surface area contributed by atoms with Crippen LogP contribution in [0.2, 0.25) is 0 Å². The minimum Gasteiger partial charge on any atom is -0.356 e. The van der Waals surface area contributed by atoms with Gasteiger partial charge < -0.3 is 5.32 Å². The standard InChI is InChI=1S/C21H39NO/c1-2-3-4-5-6-7-8-9-10-11-12-16-19-22-21(23)20-17-14-13-15-18-20/h13-14,20H,2-12,15-19H2,1H3,(H,22,23). The number of allylic oxidation sites excluding steroid dienone is 2. The maximum Gasteiger partial charge on any atom is 0.223 e. The van der Waals surface area contributed by atoms with Crippen LogP contribution in [0.4, 0.5) is 0 Å². The summed E-state index contributed by atoms with van der Waals surface area (Å²) in [6.45, 7) is 3.15. The highest BCUT2D eigenvalue weighted by Crippen LogP contribution is 2.18. The fourth-order valence-electron chi connectivity index (χ4n) is 3.35. The van der Waals surface area contributed by atoms with Crippen molar-refractivity contribution in [3.63, 3.8) is 0 Å². The molecule has 1 unspecified atom stereocenters.